The van der Waals surface area contributed by atoms with Crippen molar-refractivity contribution in [2.24, 2.45) is 7.05 Å². The van der Waals surface area contributed by atoms with Gasteiger partial charge in [0.15, 0.2) is 11.4 Å². The van der Waals surface area contributed by atoms with E-state index in [1.165, 1.54) is 19.2 Å². The zero-order valence-corrected chi connectivity index (χ0v) is 15.6. The number of nitrogens with one attached hydrogen (secondary N) is 1. The van der Waals surface area contributed by atoms with Crippen molar-refractivity contribution in [2.45, 2.75) is 6.18 Å². The van der Waals surface area contributed by atoms with Crippen LogP contribution in [0.1, 0.15) is 16.2 Å². The van der Waals surface area contributed by atoms with Crippen molar-refractivity contribution in [1.82, 2.24) is 14.2 Å². The summed E-state index contributed by atoms with van der Waals surface area (Å²) < 4.78 is 57.6. The highest BCUT2D eigenvalue weighted by Crippen LogP contribution is 2.33. The average Bonchev–Trinajstić information content (AvgIpc) is 3.11. The minimum Gasteiger partial charge on any atom is -0.320 e. The molecule has 0 aliphatic carbocycles. The first-order valence-electron chi connectivity index (χ1n) is 7.11. The van der Waals surface area contributed by atoms with Gasteiger partial charge in [-0.25, -0.2) is 4.39 Å². The second-order valence-electron chi connectivity index (χ2n) is 5.30. The van der Waals surface area contributed by atoms with Gasteiger partial charge in [-0.3, -0.25) is 9.48 Å². The molecule has 0 radical (unpaired) electrons. The third-order valence-corrected chi connectivity index (χ3v) is 5.10. The number of amides is 1. The molecule has 0 unspecified atom stereocenters. The van der Waals surface area contributed by atoms with Crippen LogP contribution in [0.4, 0.5) is 23.2 Å². The molecule has 142 valence electrons. The van der Waals surface area contributed by atoms with Gasteiger partial charge in [-0.05, 0) is 35.8 Å². The predicted molar refractivity (Wildman–Crippen MR) is 93.7 cm³/mol. The maximum absolute atomic E-state index is 14.4. The van der Waals surface area contributed by atoms with Crippen LogP contribution in [0, 0.1) is 5.82 Å². The zero-order valence-electron chi connectivity index (χ0n) is 13.2. The van der Waals surface area contributed by atoms with E-state index >= 15 is 0 Å². The van der Waals surface area contributed by atoms with E-state index < -0.39 is 23.6 Å². The smallest absolute Gasteiger partial charge is 0.320 e. The number of benzene rings is 1. The standard InChI is InChI=1S/C15H8Cl2F4N4OS/c1-25-9(5-10(23-25)15(19,20)21)7-3-2-6(4-8(7)18)22-14(26)12-11(16)13(17)27-24-12/h2-5H,1H3,(H,22,26). The lowest BCUT2D eigenvalue weighted by molar-refractivity contribution is -0.141. The quantitative estimate of drug-likeness (QED) is 0.567. The molecule has 0 bridgehead atoms. The lowest BCUT2D eigenvalue weighted by Gasteiger charge is -2.08. The molecule has 1 amide bonds. The highest BCUT2D eigenvalue weighted by Gasteiger charge is 2.35. The van der Waals surface area contributed by atoms with Gasteiger partial charge in [0.2, 0.25) is 0 Å². The number of carbonyl (C=O) groups excluding carboxylic acids is 1. The summed E-state index contributed by atoms with van der Waals surface area (Å²) in [6.07, 6.45) is -4.64. The summed E-state index contributed by atoms with van der Waals surface area (Å²) in [5, 5.41) is 5.72. The van der Waals surface area contributed by atoms with E-state index in [2.05, 4.69) is 14.8 Å². The van der Waals surface area contributed by atoms with Crippen molar-refractivity contribution >= 4 is 46.3 Å². The van der Waals surface area contributed by atoms with Gasteiger partial charge in [-0.15, -0.1) is 0 Å². The largest absolute Gasteiger partial charge is 0.435 e. The monoisotopic (exact) mass is 438 g/mol. The van der Waals surface area contributed by atoms with Gasteiger partial charge in [0.05, 0.1) is 5.69 Å². The van der Waals surface area contributed by atoms with Crippen LogP contribution < -0.4 is 5.32 Å². The second kappa shape index (κ2) is 7.10. The van der Waals surface area contributed by atoms with E-state index in [-0.39, 0.29) is 32.0 Å². The maximum Gasteiger partial charge on any atom is 0.435 e. The van der Waals surface area contributed by atoms with Gasteiger partial charge < -0.3 is 5.32 Å². The van der Waals surface area contributed by atoms with Crippen LogP contribution in [-0.2, 0) is 13.2 Å². The topological polar surface area (TPSA) is 59.8 Å². The molecule has 27 heavy (non-hydrogen) atoms. The Kier molecular flexibility index (Phi) is 5.15. The summed E-state index contributed by atoms with van der Waals surface area (Å²) in [6, 6.07) is 4.28. The third-order valence-electron chi connectivity index (χ3n) is 3.49. The van der Waals surface area contributed by atoms with E-state index in [1.54, 1.807) is 0 Å². The first kappa shape index (κ1) is 19.6. The summed E-state index contributed by atoms with van der Waals surface area (Å²) in [5.41, 5.74) is -1.34. The molecule has 2 aromatic heterocycles. The lowest BCUT2D eigenvalue weighted by atomic mass is 10.1. The van der Waals surface area contributed by atoms with Crippen LogP contribution in [0.3, 0.4) is 0 Å². The number of hydrogen-bond donors (Lipinski definition) is 1. The van der Waals surface area contributed by atoms with Crippen molar-refractivity contribution in [3.8, 4) is 11.3 Å². The van der Waals surface area contributed by atoms with Crippen LogP contribution in [-0.4, -0.2) is 20.1 Å². The van der Waals surface area contributed by atoms with Gasteiger partial charge in [-0.1, -0.05) is 23.2 Å². The summed E-state index contributed by atoms with van der Waals surface area (Å²) in [5.74, 6) is -1.54. The second-order valence-corrected chi connectivity index (χ2v) is 7.06. The summed E-state index contributed by atoms with van der Waals surface area (Å²) in [6.45, 7) is 0. The molecular weight excluding hydrogens is 431 g/mol. The van der Waals surface area contributed by atoms with Gasteiger partial charge in [0.25, 0.3) is 5.91 Å². The molecule has 0 saturated heterocycles. The van der Waals surface area contributed by atoms with Gasteiger partial charge in [-0.2, -0.15) is 22.6 Å². The Morgan fingerprint density at radius 3 is 2.48 bits per heavy atom. The molecule has 0 atom stereocenters. The van der Waals surface area contributed by atoms with Gasteiger partial charge in [0, 0.05) is 18.3 Å². The van der Waals surface area contributed by atoms with Crippen molar-refractivity contribution in [1.29, 1.82) is 0 Å². The average molecular weight is 439 g/mol. The predicted octanol–water partition coefficient (Wildman–Crippen LogP) is 5.26. The minimum atomic E-state index is -4.64. The first-order chi connectivity index (χ1) is 12.6. The Bertz CT molecular complexity index is 1030. The number of anilines is 1. The van der Waals surface area contributed by atoms with E-state index in [1.807, 2.05) is 0 Å². The highest BCUT2D eigenvalue weighted by molar-refractivity contribution is 7.11. The molecule has 0 spiro atoms. The Morgan fingerprint density at radius 1 is 1.26 bits per heavy atom. The molecule has 2 heterocycles. The lowest BCUT2D eigenvalue weighted by Crippen LogP contribution is -2.13. The van der Waals surface area contributed by atoms with Gasteiger partial charge in [0.1, 0.15) is 15.2 Å². The molecule has 1 N–H and O–H groups in total. The SMILES string of the molecule is Cn1nc(C(F)(F)F)cc1-c1ccc(NC(=O)c2nsc(Cl)c2Cl)cc1F. The van der Waals surface area contributed by atoms with E-state index in [0.717, 1.165) is 28.3 Å². The number of aryl methyl sites for hydroxylation is 1. The molecule has 5 nitrogen and oxygen atoms in total. The van der Waals surface area contributed by atoms with Crippen LogP contribution in [0.2, 0.25) is 9.36 Å². The fourth-order valence-corrected chi connectivity index (χ4v) is 3.25. The molecule has 0 aliphatic heterocycles. The molecule has 1 aromatic carbocycles. The van der Waals surface area contributed by atoms with Crippen LogP contribution >= 0.6 is 34.7 Å². The van der Waals surface area contributed by atoms with Crippen molar-refractivity contribution in [3.63, 3.8) is 0 Å². The molecule has 0 saturated carbocycles. The van der Waals surface area contributed by atoms with Crippen LogP contribution in [0.25, 0.3) is 11.3 Å². The summed E-state index contributed by atoms with van der Waals surface area (Å²) in [4.78, 5) is 12.1. The van der Waals surface area contributed by atoms with E-state index in [9.17, 15) is 22.4 Å². The Morgan fingerprint density at radius 2 is 1.96 bits per heavy atom. The third kappa shape index (κ3) is 3.92. The van der Waals surface area contributed by atoms with E-state index in [4.69, 9.17) is 23.2 Å². The minimum absolute atomic E-state index is 0.0224. The molecule has 3 aromatic rings. The van der Waals surface area contributed by atoms with Gasteiger partial charge >= 0.3 is 6.18 Å². The zero-order chi connectivity index (χ0) is 19.9. The van der Waals surface area contributed by atoms with Crippen LogP contribution in [0.5, 0.6) is 0 Å². The Hall–Kier alpha value is -2.17. The highest BCUT2D eigenvalue weighted by atomic mass is 35.5. The number of alkyl halides is 3. The number of carbonyl (C=O) groups is 1. The fourth-order valence-electron chi connectivity index (χ4n) is 2.25. The number of halogens is 6. The van der Waals surface area contributed by atoms with Crippen LogP contribution in [0.15, 0.2) is 24.3 Å². The molecule has 0 fully saturated rings. The molecule has 3 rings (SSSR count). The maximum atomic E-state index is 14.4. The summed E-state index contributed by atoms with van der Waals surface area (Å²) >= 11 is 12.4. The number of rotatable bonds is 3. The molecular formula is C15H8Cl2F4N4OS. The van der Waals surface area contributed by atoms with E-state index in [0.29, 0.717) is 0 Å². The molecule has 12 heteroatoms. The fraction of sp³-hybridized carbons (Fsp3) is 0.133. The Labute approximate surface area is 163 Å². The normalized spacial score (nSPS) is 11.7. The Balaban J connectivity index is 1.87. The van der Waals surface area contributed by atoms with Crippen molar-refractivity contribution in [3.05, 3.63) is 50.8 Å². The van der Waals surface area contributed by atoms with Crippen molar-refractivity contribution < 1.29 is 22.4 Å². The van der Waals surface area contributed by atoms with Crippen molar-refractivity contribution in [2.75, 3.05) is 5.32 Å². The number of nitrogens with zero attached hydrogens (tertiary/aromatic N) is 3. The number of hydrogen-bond acceptors (Lipinski definition) is 4. The first-order valence-corrected chi connectivity index (χ1v) is 8.64. The molecule has 0 aliphatic rings. The number of aromatic nitrogens is 3. The summed E-state index contributed by atoms with van der Waals surface area (Å²) in [7, 11) is 1.27.